The molecule has 1 atom stereocenters. The summed E-state index contributed by atoms with van der Waals surface area (Å²) in [4.78, 5) is 18.9. The van der Waals surface area contributed by atoms with Gasteiger partial charge in [-0.2, -0.15) is 5.16 Å². The number of nitrogens with zero attached hydrogens (tertiary/aromatic N) is 3. The van der Waals surface area contributed by atoms with Crippen LogP contribution < -0.4 is 15.0 Å². The van der Waals surface area contributed by atoms with E-state index in [4.69, 9.17) is 30.6 Å². The number of halogens is 1. The fourth-order valence-corrected chi connectivity index (χ4v) is 5.54. The monoisotopic (exact) mass is 564 g/mol. The lowest BCUT2D eigenvalue weighted by Crippen LogP contribution is -2.35. The Morgan fingerprint density at radius 1 is 1.05 bits per heavy atom. The molecule has 0 amide bonds. The maximum absolute atomic E-state index is 11.6. The van der Waals surface area contributed by atoms with Crippen LogP contribution in [0, 0.1) is 0 Å². The van der Waals surface area contributed by atoms with Crippen molar-refractivity contribution >= 4 is 11.6 Å². The predicted molar refractivity (Wildman–Crippen MR) is 156 cm³/mol. The first-order valence-corrected chi connectivity index (χ1v) is 14.5. The van der Waals surface area contributed by atoms with Crippen molar-refractivity contribution < 1.29 is 14.0 Å². The van der Waals surface area contributed by atoms with Gasteiger partial charge in [-0.05, 0) is 37.0 Å². The van der Waals surface area contributed by atoms with E-state index in [1.165, 1.54) is 6.07 Å². The van der Waals surface area contributed by atoms with E-state index in [2.05, 4.69) is 52.7 Å². The highest BCUT2D eigenvalue weighted by molar-refractivity contribution is 6.30. The number of aromatic nitrogens is 3. The summed E-state index contributed by atoms with van der Waals surface area (Å²) in [6.07, 6.45) is 4.52. The van der Waals surface area contributed by atoms with E-state index in [-0.39, 0.29) is 11.6 Å². The molecule has 1 aliphatic rings. The maximum Gasteiger partial charge on any atom is 0.280 e. The third kappa shape index (κ3) is 6.62. The van der Waals surface area contributed by atoms with Gasteiger partial charge in [-0.3, -0.25) is 9.69 Å². The SMILES string of the molecule is CCCCn1c(-c2ccccc2)nc(Cl)c1CN(Cc1ccc2c(c1)OCCO2)C(CC)CCc1cc(=O)[nH]o1. The number of imidazole rings is 1. The number of H-pyrrole nitrogens is 1. The second-order valence-corrected chi connectivity index (χ2v) is 10.6. The summed E-state index contributed by atoms with van der Waals surface area (Å²) in [5, 5.41) is 2.94. The van der Waals surface area contributed by atoms with Crippen molar-refractivity contribution in [2.24, 2.45) is 0 Å². The normalized spacial score (nSPS) is 13.6. The summed E-state index contributed by atoms with van der Waals surface area (Å²) >= 11 is 6.90. The van der Waals surface area contributed by atoms with Gasteiger partial charge in [0.25, 0.3) is 5.56 Å². The number of hydrogen-bond acceptors (Lipinski definition) is 6. The standard InChI is InChI=1S/C31H37ClN4O4/c1-3-5-15-36-26(30(32)33-31(36)23-9-7-6-8-10-23)21-35(24(4-2)12-13-25-19-29(37)34-40-25)20-22-11-14-27-28(18-22)39-17-16-38-27/h6-11,14,18-19,24H,3-5,12-13,15-17,20-21H2,1-2H3,(H,34,37). The Kier molecular flexibility index (Phi) is 9.29. The van der Waals surface area contributed by atoms with E-state index >= 15 is 0 Å². The molecule has 8 nitrogen and oxygen atoms in total. The molecule has 9 heteroatoms. The van der Waals surface area contributed by atoms with Gasteiger partial charge in [0.05, 0.1) is 5.69 Å². The van der Waals surface area contributed by atoms with Crippen LogP contribution in [-0.4, -0.2) is 38.9 Å². The van der Waals surface area contributed by atoms with Gasteiger partial charge in [0.15, 0.2) is 16.7 Å². The first-order chi connectivity index (χ1) is 19.6. The molecule has 0 saturated heterocycles. The summed E-state index contributed by atoms with van der Waals surface area (Å²) in [5.74, 6) is 3.13. The molecular formula is C31H37ClN4O4. The van der Waals surface area contributed by atoms with Crippen LogP contribution in [0.1, 0.15) is 56.5 Å². The van der Waals surface area contributed by atoms with Gasteiger partial charge in [0, 0.05) is 43.7 Å². The van der Waals surface area contributed by atoms with E-state index in [1.807, 2.05) is 24.3 Å². The Labute approximate surface area is 239 Å². The lowest BCUT2D eigenvalue weighted by molar-refractivity contribution is 0.155. The zero-order chi connectivity index (χ0) is 27.9. The largest absolute Gasteiger partial charge is 0.486 e. The van der Waals surface area contributed by atoms with Gasteiger partial charge in [0.2, 0.25) is 0 Å². The molecular weight excluding hydrogens is 528 g/mol. The van der Waals surface area contributed by atoms with Crippen LogP contribution in [0.5, 0.6) is 11.5 Å². The number of rotatable bonds is 13. The summed E-state index contributed by atoms with van der Waals surface area (Å²) in [6.45, 7) is 7.68. The van der Waals surface area contributed by atoms with Crippen molar-refractivity contribution in [1.29, 1.82) is 0 Å². The number of aromatic amines is 1. The molecule has 0 bridgehead atoms. The molecule has 40 heavy (non-hydrogen) atoms. The number of nitrogens with one attached hydrogen (secondary N) is 1. The molecule has 0 spiro atoms. The molecule has 0 fully saturated rings. The summed E-state index contributed by atoms with van der Waals surface area (Å²) < 4.78 is 19.3. The number of hydrogen-bond donors (Lipinski definition) is 1. The highest BCUT2D eigenvalue weighted by atomic mass is 35.5. The van der Waals surface area contributed by atoms with E-state index < -0.39 is 0 Å². The summed E-state index contributed by atoms with van der Waals surface area (Å²) in [6, 6.07) is 18.1. The lowest BCUT2D eigenvalue weighted by atomic mass is 10.0. The Balaban J connectivity index is 1.47. The highest BCUT2D eigenvalue weighted by Gasteiger charge is 2.25. The predicted octanol–water partition coefficient (Wildman–Crippen LogP) is 6.47. The second-order valence-electron chi connectivity index (χ2n) is 10.2. The third-order valence-electron chi connectivity index (χ3n) is 7.42. The van der Waals surface area contributed by atoms with Gasteiger partial charge < -0.3 is 18.6 Å². The number of aryl methyl sites for hydroxylation is 1. The van der Waals surface area contributed by atoms with Crippen LogP contribution in [-0.2, 0) is 26.1 Å². The molecule has 0 aliphatic carbocycles. The Bertz CT molecular complexity index is 1450. The van der Waals surface area contributed by atoms with Crippen molar-refractivity contribution in [2.45, 2.75) is 71.6 Å². The van der Waals surface area contributed by atoms with Gasteiger partial charge in [-0.15, -0.1) is 0 Å². The Morgan fingerprint density at radius 3 is 2.58 bits per heavy atom. The molecule has 4 aromatic rings. The van der Waals surface area contributed by atoms with Gasteiger partial charge >= 0.3 is 0 Å². The minimum Gasteiger partial charge on any atom is -0.486 e. The molecule has 1 unspecified atom stereocenters. The third-order valence-corrected chi connectivity index (χ3v) is 7.73. The minimum absolute atomic E-state index is 0.208. The van der Waals surface area contributed by atoms with Crippen molar-refractivity contribution in [1.82, 2.24) is 19.6 Å². The van der Waals surface area contributed by atoms with Crippen LogP contribution in [0.4, 0.5) is 0 Å². The second kappa shape index (κ2) is 13.2. The number of fused-ring (bicyclic) bond motifs is 1. The molecule has 212 valence electrons. The number of ether oxygens (including phenoxy) is 2. The first-order valence-electron chi connectivity index (χ1n) is 14.2. The molecule has 0 radical (unpaired) electrons. The smallest absolute Gasteiger partial charge is 0.280 e. The summed E-state index contributed by atoms with van der Waals surface area (Å²) in [7, 11) is 0. The van der Waals surface area contributed by atoms with Gasteiger partial charge in [-0.1, -0.05) is 68.3 Å². The van der Waals surface area contributed by atoms with Crippen molar-refractivity contribution in [3.8, 4) is 22.9 Å². The maximum atomic E-state index is 11.6. The Hall–Kier alpha value is -3.49. The topological polar surface area (TPSA) is 85.5 Å². The fourth-order valence-electron chi connectivity index (χ4n) is 5.30. The van der Waals surface area contributed by atoms with Crippen LogP contribution in [0.25, 0.3) is 11.4 Å². The van der Waals surface area contributed by atoms with E-state index in [0.29, 0.717) is 43.6 Å². The quantitative estimate of drug-likeness (QED) is 0.200. The molecule has 5 rings (SSSR count). The van der Waals surface area contributed by atoms with Crippen molar-refractivity contribution in [3.05, 3.63) is 87.1 Å². The van der Waals surface area contributed by atoms with E-state index in [9.17, 15) is 4.79 Å². The molecule has 3 heterocycles. The zero-order valence-corrected chi connectivity index (χ0v) is 24.0. The van der Waals surface area contributed by atoms with Gasteiger partial charge in [0.1, 0.15) is 24.8 Å². The van der Waals surface area contributed by atoms with Crippen LogP contribution in [0.2, 0.25) is 5.15 Å². The average Bonchev–Trinajstić information content (AvgIpc) is 3.54. The van der Waals surface area contributed by atoms with Crippen LogP contribution in [0.3, 0.4) is 0 Å². The molecule has 1 aliphatic heterocycles. The van der Waals surface area contributed by atoms with Crippen molar-refractivity contribution in [2.75, 3.05) is 13.2 Å². The summed E-state index contributed by atoms with van der Waals surface area (Å²) in [5.41, 5.74) is 2.99. The molecule has 1 N–H and O–H groups in total. The average molecular weight is 565 g/mol. The molecule has 2 aromatic heterocycles. The van der Waals surface area contributed by atoms with E-state index in [1.54, 1.807) is 0 Å². The lowest BCUT2D eigenvalue weighted by Gasteiger charge is -2.32. The Morgan fingerprint density at radius 2 is 1.85 bits per heavy atom. The van der Waals surface area contributed by atoms with Crippen molar-refractivity contribution in [3.63, 3.8) is 0 Å². The number of unbranched alkanes of at least 4 members (excludes halogenated alkanes) is 1. The minimum atomic E-state index is -0.212. The first kappa shape index (κ1) is 28.1. The zero-order valence-electron chi connectivity index (χ0n) is 23.2. The highest BCUT2D eigenvalue weighted by Crippen LogP contribution is 2.33. The van der Waals surface area contributed by atoms with Crippen LogP contribution in [0.15, 0.2) is 63.9 Å². The molecule has 0 saturated carbocycles. The number of benzene rings is 2. The fraction of sp³-hybridized carbons (Fsp3) is 0.419. The van der Waals surface area contributed by atoms with Crippen LogP contribution >= 0.6 is 11.6 Å². The van der Waals surface area contributed by atoms with E-state index in [0.717, 1.165) is 66.4 Å². The molecule has 2 aromatic carbocycles. The van der Waals surface area contributed by atoms with Gasteiger partial charge in [-0.25, -0.2) is 4.98 Å².